The first-order chi connectivity index (χ1) is 9.25. The van der Waals surface area contributed by atoms with Crippen molar-refractivity contribution in [2.75, 3.05) is 0 Å². The summed E-state index contributed by atoms with van der Waals surface area (Å²) in [6.45, 7) is 2.41. The SMILES string of the molecule is Cc1cccc2c(COc3ccccc3F)c[nH]c12. The third kappa shape index (κ3) is 2.19. The highest BCUT2D eigenvalue weighted by Gasteiger charge is 2.07. The number of halogens is 1. The third-order valence-corrected chi connectivity index (χ3v) is 3.23. The maximum absolute atomic E-state index is 13.5. The number of aryl methyl sites for hydroxylation is 1. The van der Waals surface area contributed by atoms with Crippen LogP contribution in [0.25, 0.3) is 10.9 Å². The molecular formula is C16H14FNO. The average Bonchev–Trinajstić information content (AvgIpc) is 2.83. The third-order valence-electron chi connectivity index (χ3n) is 3.23. The fourth-order valence-electron chi connectivity index (χ4n) is 2.20. The Morgan fingerprint density at radius 2 is 1.95 bits per heavy atom. The normalized spacial score (nSPS) is 10.8. The minimum Gasteiger partial charge on any atom is -0.486 e. The maximum Gasteiger partial charge on any atom is 0.165 e. The molecule has 0 saturated carbocycles. The molecule has 0 spiro atoms. The van der Waals surface area contributed by atoms with Crippen molar-refractivity contribution in [3.63, 3.8) is 0 Å². The van der Waals surface area contributed by atoms with Crippen molar-refractivity contribution in [3.05, 3.63) is 65.6 Å². The Balaban J connectivity index is 1.87. The van der Waals surface area contributed by atoms with E-state index in [9.17, 15) is 4.39 Å². The van der Waals surface area contributed by atoms with Crippen molar-refractivity contribution in [1.82, 2.24) is 4.98 Å². The number of benzene rings is 2. The Hall–Kier alpha value is -2.29. The molecule has 19 heavy (non-hydrogen) atoms. The molecule has 1 N–H and O–H groups in total. The molecule has 3 aromatic rings. The number of H-pyrrole nitrogens is 1. The van der Waals surface area contributed by atoms with E-state index in [1.54, 1.807) is 18.2 Å². The van der Waals surface area contributed by atoms with Gasteiger partial charge in [-0.25, -0.2) is 4.39 Å². The first-order valence-electron chi connectivity index (χ1n) is 6.18. The second kappa shape index (κ2) is 4.76. The highest BCUT2D eigenvalue weighted by atomic mass is 19.1. The van der Waals surface area contributed by atoms with E-state index < -0.39 is 0 Å². The highest BCUT2D eigenvalue weighted by molar-refractivity contribution is 5.85. The molecule has 0 unspecified atom stereocenters. The Bertz CT molecular complexity index is 718. The quantitative estimate of drug-likeness (QED) is 0.745. The summed E-state index contributed by atoms with van der Waals surface area (Å²) < 4.78 is 19.0. The number of aromatic nitrogens is 1. The smallest absolute Gasteiger partial charge is 0.165 e. The molecule has 3 rings (SSSR count). The molecule has 0 aliphatic carbocycles. The zero-order valence-electron chi connectivity index (χ0n) is 10.6. The Kier molecular flexibility index (Phi) is 2.95. The number of hydrogen-bond donors (Lipinski definition) is 1. The summed E-state index contributed by atoms with van der Waals surface area (Å²) in [5, 5.41) is 1.12. The number of aromatic amines is 1. The summed E-state index contributed by atoms with van der Waals surface area (Å²) in [6, 6.07) is 12.6. The van der Waals surface area contributed by atoms with Gasteiger partial charge in [-0.1, -0.05) is 30.3 Å². The molecule has 2 aromatic carbocycles. The van der Waals surface area contributed by atoms with Crippen LogP contribution in [0.4, 0.5) is 4.39 Å². The van der Waals surface area contributed by atoms with Gasteiger partial charge in [-0.15, -0.1) is 0 Å². The number of rotatable bonds is 3. The van der Waals surface area contributed by atoms with Crippen molar-refractivity contribution in [1.29, 1.82) is 0 Å². The van der Waals surface area contributed by atoms with Gasteiger partial charge in [0.1, 0.15) is 6.61 Å². The van der Waals surface area contributed by atoms with E-state index >= 15 is 0 Å². The van der Waals surface area contributed by atoms with Crippen LogP contribution in [-0.2, 0) is 6.61 Å². The van der Waals surface area contributed by atoms with E-state index in [-0.39, 0.29) is 11.6 Å². The number of ether oxygens (including phenoxy) is 1. The first-order valence-corrected chi connectivity index (χ1v) is 6.18. The number of fused-ring (bicyclic) bond motifs is 1. The van der Waals surface area contributed by atoms with Crippen LogP contribution in [-0.4, -0.2) is 4.98 Å². The lowest BCUT2D eigenvalue weighted by Gasteiger charge is -2.06. The van der Waals surface area contributed by atoms with Gasteiger partial charge in [-0.05, 0) is 24.6 Å². The Labute approximate surface area is 110 Å². The minimum atomic E-state index is -0.335. The lowest BCUT2D eigenvalue weighted by Crippen LogP contribution is -1.96. The number of para-hydroxylation sites is 2. The summed E-state index contributed by atoms with van der Waals surface area (Å²) in [5.74, 6) is -0.0528. The van der Waals surface area contributed by atoms with E-state index in [0.717, 1.165) is 16.5 Å². The van der Waals surface area contributed by atoms with Gasteiger partial charge in [-0.2, -0.15) is 0 Å². The lowest BCUT2D eigenvalue weighted by atomic mass is 10.1. The van der Waals surface area contributed by atoms with E-state index in [1.165, 1.54) is 11.6 Å². The molecular weight excluding hydrogens is 241 g/mol. The summed E-state index contributed by atoms with van der Waals surface area (Å²) >= 11 is 0. The van der Waals surface area contributed by atoms with Gasteiger partial charge in [0, 0.05) is 22.7 Å². The minimum absolute atomic E-state index is 0.282. The summed E-state index contributed by atoms with van der Waals surface area (Å²) in [4.78, 5) is 3.23. The molecule has 0 radical (unpaired) electrons. The fraction of sp³-hybridized carbons (Fsp3) is 0.125. The van der Waals surface area contributed by atoms with E-state index in [4.69, 9.17) is 4.74 Å². The zero-order chi connectivity index (χ0) is 13.2. The standard InChI is InChI=1S/C16H14FNO/c1-11-5-4-6-13-12(9-18-16(11)13)10-19-15-8-3-2-7-14(15)17/h2-9,18H,10H2,1H3. The van der Waals surface area contributed by atoms with Gasteiger partial charge in [0.25, 0.3) is 0 Å². The van der Waals surface area contributed by atoms with Gasteiger partial charge in [-0.3, -0.25) is 0 Å². The number of nitrogens with one attached hydrogen (secondary N) is 1. The molecule has 0 saturated heterocycles. The monoisotopic (exact) mass is 255 g/mol. The highest BCUT2D eigenvalue weighted by Crippen LogP contribution is 2.23. The van der Waals surface area contributed by atoms with Crippen molar-refractivity contribution < 1.29 is 9.13 Å². The summed E-state index contributed by atoms with van der Waals surface area (Å²) in [6.07, 6.45) is 1.92. The van der Waals surface area contributed by atoms with Crippen LogP contribution in [0.15, 0.2) is 48.7 Å². The summed E-state index contributed by atoms with van der Waals surface area (Å²) in [7, 11) is 0. The molecule has 0 fully saturated rings. The molecule has 2 nitrogen and oxygen atoms in total. The Morgan fingerprint density at radius 1 is 1.11 bits per heavy atom. The number of hydrogen-bond acceptors (Lipinski definition) is 1. The van der Waals surface area contributed by atoms with Gasteiger partial charge in [0.05, 0.1) is 0 Å². The van der Waals surface area contributed by atoms with Crippen LogP contribution in [0.1, 0.15) is 11.1 Å². The average molecular weight is 255 g/mol. The largest absolute Gasteiger partial charge is 0.486 e. The maximum atomic E-state index is 13.5. The van der Waals surface area contributed by atoms with E-state index in [1.807, 2.05) is 18.3 Å². The van der Waals surface area contributed by atoms with Crippen molar-refractivity contribution in [2.24, 2.45) is 0 Å². The molecule has 1 heterocycles. The molecule has 0 bridgehead atoms. The fourth-order valence-corrected chi connectivity index (χ4v) is 2.20. The van der Waals surface area contributed by atoms with Crippen molar-refractivity contribution in [2.45, 2.75) is 13.5 Å². The Morgan fingerprint density at radius 3 is 2.79 bits per heavy atom. The molecule has 0 aliphatic rings. The molecule has 0 aliphatic heterocycles. The van der Waals surface area contributed by atoms with Crippen LogP contribution in [0.2, 0.25) is 0 Å². The summed E-state index contributed by atoms with van der Waals surface area (Å²) in [5.41, 5.74) is 3.33. The van der Waals surface area contributed by atoms with Crippen LogP contribution in [0.3, 0.4) is 0 Å². The van der Waals surface area contributed by atoms with Crippen LogP contribution < -0.4 is 4.74 Å². The molecule has 0 atom stereocenters. The van der Waals surface area contributed by atoms with Crippen LogP contribution >= 0.6 is 0 Å². The lowest BCUT2D eigenvalue weighted by molar-refractivity contribution is 0.291. The molecule has 3 heteroatoms. The predicted molar refractivity (Wildman–Crippen MR) is 73.8 cm³/mol. The zero-order valence-corrected chi connectivity index (χ0v) is 10.6. The van der Waals surface area contributed by atoms with Gasteiger partial charge in [0.2, 0.25) is 0 Å². The second-order valence-corrected chi connectivity index (χ2v) is 4.53. The van der Waals surface area contributed by atoms with Gasteiger partial charge < -0.3 is 9.72 Å². The molecule has 96 valence electrons. The van der Waals surface area contributed by atoms with Gasteiger partial charge in [0.15, 0.2) is 11.6 Å². The predicted octanol–water partition coefficient (Wildman–Crippen LogP) is 4.19. The van der Waals surface area contributed by atoms with Crippen molar-refractivity contribution >= 4 is 10.9 Å². The van der Waals surface area contributed by atoms with Gasteiger partial charge >= 0.3 is 0 Å². The second-order valence-electron chi connectivity index (χ2n) is 4.53. The van der Waals surface area contributed by atoms with Crippen molar-refractivity contribution in [3.8, 4) is 5.75 Å². The van der Waals surface area contributed by atoms with E-state index in [0.29, 0.717) is 6.61 Å². The topological polar surface area (TPSA) is 25.0 Å². The molecule has 0 amide bonds. The first kappa shape index (κ1) is 11.8. The van der Waals surface area contributed by atoms with Crippen LogP contribution in [0.5, 0.6) is 5.75 Å². The molecule has 1 aromatic heterocycles. The van der Waals surface area contributed by atoms with E-state index in [2.05, 4.69) is 18.0 Å². The van der Waals surface area contributed by atoms with Crippen LogP contribution in [0, 0.1) is 12.7 Å².